The first-order chi connectivity index (χ1) is 8.95. The third kappa shape index (κ3) is 2.29. The summed E-state index contributed by atoms with van der Waals surface area (Å²) in [4.78, 5) is 10.8. The number of carboxylic acids is 1. The normalized spacial score (nSPS) is 10.5. The third-order valence-corrected chi connectivity index (χ3v) is 3.22. The Kier molecular flexibility index (Phi) is 3.48. The number of methoxy groups -OCH3 is 1. The quantitative estimate of drug-likeness (QED) is 0.934. The standard InChI is InChI=1S/C13H12ClNO4/c1-6-4-8(14)12(18-3)11(7(6)2)9-5-10(13(16)17)19-15-9/h4-5H,1-3H3,(H,16,17). The zero-order chi connectivity index (χ0) is 14.2. The zero-order valence-corrected chi connectivity index (χ0v) is 11.4. The topological polar surface area (TPSA) is 72.6 Å². The third-order valence-electron chi connectivity index (χ3n) is 2.93. The fourth-order valence-corrected chi connectivity index (χ4v) is 2.19. The predicted octanol–water partition coefficient (Wildman–Crippen LogP) is 3.32. The summed E-state index contributed by atoms with van der Waals surface area (Å²) in [5.74, 6) is -0.946. The summed E-state index contributed by atoms with van der Waals surface area (Å²) in [6.45, 7) is 3.79. The summed E-state index contributed by atoms with van der Waals surface area (Å²) in [6, 6.07) is 3.14. The minimum Gasteiger partial charge on any atom is -0.494 e. The Morgan fingerprint density at radius 3 is 2.63 bits per heavy atom. The van der Waals surface area contributed by atoms with Gasteiger partial charge in [-0.1, -0.05) is 16.8 Å². The van der Waals surface area contributed by atoms with E-state index in [9.17, 15) is 4.79 Å². The lowest BCUT2D eigenvalue weighted by atomic mass is 9.99. The zero-order valence-electron chi connectivity index (χ0n) is 10.7. The van der Waals surface area contributed by atoms with Gasteiger partial charge in [0.15, 0.2) is 0 Å². The van der Waals surface area contributed by atoms with Crippen LogP contribution in [0, 0.1) is 13.8 Å². The molecule has 1 aromatic heterocycles. The van der Waals surface area contributed by atoms with E-state index in [-0.39, 0.29) is 5.76 Å². The molecule has 0 radical (unpaired) electrons. The van der Waals surface area contributed by atoms with E-state index in [0.717, 1.165) is 11.1 Å². The number of rotatable bonds is 3. The van der Waals surface area contributed by atoms with Crippen LogP contribution < -0.4 is 4.74 Å². The Morgan fingerprint density at radius 1 is 1.42 bits per heavy atom. The van der Waals surface area contributed by atoms with Crippen molar-refractivity contribution < 1.29 is 19.2 Å². The van der Waals surface area contributed by atoms with Gasteiger partial charge in [-0.25, -0.2) is 4.79 Å². The molecule has 6 heteroatoms. The number of hydrogen-bond acceptors (Lipinski definition) is 4. The lowest BCUT2D eigenvalue weighted by Crippen LogP contribution is -1.95. The minimum atomic E-state index is -1.17. The van der Waals surface area contributed by atoms with E-state index in [0.29, 0.717) is 22.0 Å². The van der Waals surface area contributed by atoms with E-state index in [1.807, 2.05) is 13.8 Å². The van der Waals surface area contributed by atoms with Crippen LogP contribution in [0.15, 0.2) is 16.7 Å². The van der Waals surface area contributed by atoms with Crippen molar-refractivity contribution in [3.8, 4) is 17.0 Å². The first kappa shape index (κ1) is 13.4. The summed E-state index contributed by atoms with van der Waals surface area (Å²) < 4.78 is 10.0. The molecule has 0 atom stereocenters. The highest BCUT2D eigenvalue weighted by Crippen LogP contribution is 2.40. The van der Waals surface area contributed by atoms with Gasteiger partial charge >= 0.3 is 5.97 Å². The first-order valence-corrected chi connectivity index (χ1v) is 5.87. The Morgan fingerprint density at radius 2 is 2.11 bits per heavy atom. The molecule has 1 aromatic carbocycles. The van der Waals surface area contributed by atoms with Crippen LogP contribution in [0.5, 0.6) is 5.75 Å². The molecule has 0 unspecified atom stereocenters. The average Bonchev–Trinajstić information content (AvgIpc) is 2.82. The van der Waals surface area contributed by atoms with Gasteiger partial charge in [0.1, 0.15) is 11.4 Å². The molecule has 100 valence electrons. The van der Waals surface area contributed by atoms with Crippen LogP contribution in [0.2, 0.25) is 5.02 Å². The molecule has 0 fully saturated rings. The van der Waals surface area contributed by atoms with E-state index in [4.69, 9.17) is 26.0 Å². The van der Waals surface area contributed by atoms with Gasteiger partial charge in [0.25, 0.3) is 0 Å². The van der Waals surface area contributed by atoms with E-state index in [1.54, 1.807) is 6.07 Å². The molecule has 5 nitrogen and oxygen atoms in total. The molecular weight excluding hydrogens is 270 g/mol. The Balaban J connectivity index is 2.69. The van der Waals surface area contributed by atoms with E-state index in [1.165, 1.54) is 13.2 Å². The molecule has 1 N–H and O–H groups in total. The van der Waals surface area contributed by atoms with Gasteiger partial charge in [-0.2, -0.15) is 0 Å². The van der Waals surface area contributed by atoms with Crippen molar-refractivity contribution in [1.82, 2.24) is 5.16 Å². The van der Waals surface area contributed by atoms with E-state index < -0.39 is 5.97 Å². The molecule has 0 aliphatic rings. The number of aromatic carboxylic acids is 1. The van der Waals surface area contributed by atoms with Crippen LogP contribution >= 0.6 is 11.6 Å². The van der Waals surface area contributed by atoms with E-state index in [2.05, 4.69) is 5.16 Å². The van der Waals surface area contributed by atoms with Crippen LogP contribution in [0.1, 0.15) is 21.7 Å². The Hall–Kier alpha value is -2.01. The van der Waals surface area contributed by atoms with Crippen LogP contribution in [-0.4, -0.2) is 23.3 Å². The second-order valence-corrected chi connectivity index (χ2v) is 4.50. The van der Waals surface area contributed by atoms with Gasteiger partial charge in [-0.15, -0.1) is 0 Å². The summed E-state index contributed by atoms with van der Waals surface area (Å²) in [6.07, 6.45) is 0. The smallest absolute Gasteiger partial charge is 0.374 e. The number of aromatic nitrogens is 1. The fraction of sp³-hybridized carbons (Fsp3) is 0.231. The summed E-state index contributed by atoms with van der Waals surface area (Å²) in [5, 5.41) is 13.1. The maximum atomic E-state index is 10.8. The lowest BCUT2D eigenvalue weighted by Gasteiger charge is -2.13. The second kappa shape index (κ2) is 4.93. The molecule has 2 rings (SSSR count). The van der Waals surface area contributed by atoms with Crippen molar-refractivity contribution in [1.29, 1.82) is 0 Å². The second-order valence-electron chi connectivity index (χ2n) is 4.09. The Labute approximate surface area is 114 Å². The minimum absolute atomic E-state index is 0.228. The Bertz CT molecular complexity index is 648. The van der Waals surface area contributed by atoms with Gasteiger partial charge in [-0.3, -0.25) is 0 Å². The largest absolute Gasteiger partial charge is 0.494 e. The summed E-state index contributed by atoms with van der Waals surface area (Å²) in [5.41, 5.74) is 2.90. The number of benzene rings is 1. The molecule has 0 aliphatic heterocycles. The lowest BCUT2D eigenvalue weighted by molar-refractivity contribution is 0.0652. The first-order valence-electron chi connectivity index (χ1n) is 5.49. The van der Waals surface area contributed by atoms with E-state index >= 15 is 0 Å². The summed E-state index contributed by atoms with van der Waals surface area (Å²) >= 11 is 6.13. The molecule has 0 aliphatic carbocycles. The monoisotopic (exact) mass is 281 g/mol. The molecule has 0 saturated carbocycles. The van der Waals surface area contributed by atoms with Gasteiger partial charge in [0.05, 0.1) is 17.7 Å². The average molecular weight is 282 g/mol. The molecule has 2 aromatic rings. The number of nitrogens with zero attached hydrogens (tertiary/aromatic N) is 1. The fourth-order valence-electron chi connectivity index (χ4n) is 1.85. The van der Waals surface area contributed by atoms with Crippen LogP contribution in [0.25, 0.3) is 11.3 Å². The van der Waals surface area contributed by atoms with Crippen molar-refractivity contribution >= 4 is 17.6 Å². The number of hydrogen-bond donors (Lipinski definition) is 1. The number of halogens is 1. The number of carbonyl (C=O) groups is 1. The van der Waals surface area contributed by atoms with Gasteiger partial charge < -0.3 is 14.4 Å². The van der Waals surface area contributed by atoms with Crippen molar-refractivity contribution in [2.24, 2.45) is 0 Å². The molecule has 19 heavy (non-hydrogen) atoms. The van der Waals surface area contributed by atoms with Crippen LogP contribution in [-0.2, 0) is 0 Å². The molecule has 0 saturated heterocycles. The van der Waals surface area contributed by atoms with Crippen LogP contribution in [0.3, 0.4) is 0 Å². The maximum Gasteiger partial charge on any atom is 0.374 e. The van der Waals surface area contributed by atoms with Crippen molar-refractivity contribution in [3.05, 3.63) is 34.0 Å². The van der Waals surface area contributed by atoms with Crippen LogP contribution in [0.4, 0.5) is 0 Å². The van der Waals surface area contributed by atoms with Crippen molar-refractivity contribution in [2.75, 3.05) is 7.11 Å². The highest BCUT2D eigenvalue weighted by atomic mass is 35.5. The van der Waals surface area contributed by atoms with Gasteiger partial charge in [0.2, 0.25) is 5.76 Å². The summed E-state index contributed by atoms with van der Waals surface area (Å²) in [7, 11) is 1.50. The van der Waals surface area contributed by atoms with Crippen molar-refractivity contribution in [3.63, 3.8) is 0 Å². The molecule has 0 bridgehead atoms. The number of aryl methyl sites for hydroxylation is 1. The number of carboxylic acid groups (broad SMARTS) is 1. The number of ether oxygens (including phenoxy) is 1. The highest BCUT2D eigenvalue weighted by molar-refractivity contribution is 6.32. The predicted molar refractivity (Wildman–Crippen MR) is 69.9 cm³/mol. The molecule has 0 amide bonds. The highest BCUT2D eigenvalue weighted by Gasteiger charge is 2.20. The van der Waals surface area contributed by atoms with Gasteiger partial charge in [0, 0.05) is 6.07 Å². The molecule has 1 heterocycles. The molecular formula is C13H12ClNO4. The maximum absolute atomic E-state index is 10.8. The molecule has 0 spiro atoms. The SMILES string of the molecule is COc1c(Cl)cc(C)c(C)c1-c1cc(C(=O)O)on1. The van der Waals surface area contributed by atoms with Gasteiger partial charge in [-0.05, 0) is 31.0 Å². The van der Waals surface area contributed by atoms with Crippen molar-refractivity contribution in [2.45, 2.75) is 13.8 Å².